The maximum absolute atomic E-state index is 15.3. The van der Waals surface area contributed by atoms with Crippen molar-refractivity contribution in [2.24, 2.45) is 19.1 Å². The summed E-state index contributed by atoms with van der Waals surface area (Å²) >= 11 is 1.76. The van der Waals surface area contributed by atoms with E-state index in [2.05, 4.69) is 4.99 Å². The first-order chi connectivity index (χ1) is 23.3. The monoisotopic (exact) mass is 743 g/mol. The highest BCUT2D eigenvalue weighted by Gasteiger charge is 2.40. The Morgan fingerprint density at radius 3 is 2.38 bits per heavy atom. The standard InChI is InChI=1S/C31H30F5N5O7S2/c1-30(2,3)48-29(46)40-10-6-7-18(40)26(44)47-14-41-19(16-8-9-17(32)22(23(16)33)31(34,35)36)13-50-27(41)37-20(42)11-15-12-49-25-21(15)24(43)38(4)28(45)39(25)5/h8-9,12-13,18H,6-7,10-11,14H2,1-5H3/t18-/m0/s1. The molecule has 1 aromatic carbocycles. The second-order valence-electron chi connectivity index (χ2n) is 12.4. The average Bonchev–Trinajstić information content (AvgIpc) is 3.76. The lowest BCUT2D eigenvalue weighted by Gasteiger charge is -2.27. The molecule has 2 amide bonds. The summed E-state index contributed by atoms with van der Waals surface area (Å²) in [4.78, 5) is 69.7. The van der Waals surface area contributed by atoms with Crippen LogP contribution >= 0.6 is 22.7 Å². The van der Waals surface area contributed by atoms with Gasteiger partial charge in [-0.1, -0.05) is 0 Å². The van der Waals surface area contributed by atoms with Crippen molar-refractivity contribution < 1.29 is 45.8 Å². The molecular formula is C31H30F5N5O7S2. The number of carbonyl (C=O) groups is 3. The van der Waals surface area contributed by atoms with Crippen LogP contribution in [0, 0.1) is 11.6 Å². The van der Waals surface area contributed by atoms with Gasteiger partial charge < -0.3 is 9.47 Å². The van der Waals surface area contributed by atoms with Crippen LogP contribution in [0.25, 0.3) is 21.5 Å². The number of ether oxygens (including phenoxy) is 2. The van der Waals surface area contributed by atoms with Crippen LogP contribution in [0.1, 0.15) is 44.7 Å². The van der Waals surface area contributed by atoms with Crippen LogP contribution in [0.2, 0.25) is 0 Å². The van der Waals surface area contributed by atoms with Gasteiger partial charge in [-0.05, 0) is 56.7 Å². The van der Waals surface area contributed by atoms with Crippen LogP contribution in [0.5, 0.6) is 0 Å². The summed E-state index contributed by atoms with van der Waals surface area (Å²) in [7, 11) is 2.75. The van der Waals surface area contributed by atoms with E-state index in [-0.39, 0.29) is 34.4 Å². The van der Waals surface area contributed by atoms with E-state index in [1.54, 1.807) is 20.8 Å². The second-order valence-corrected chi connectivity index (χ2v) is 14.1. The zero-order chi connectivity index (χ0) is 36.9. The van der Waals surface area contributed by atoms with Crippen molar-refractivity contribution in [2.75, 3.05) is 6.54 Å². The van der Waals surface area contributed by atoms with Gasteiger partial charge in [0, 0.05) is 31.6 Å². The molecule has 0 aliphatic carbocycles. The van der Waals surface area contributed by atoms with Gasteiger partial charge in [0.2, 0.25) is 0 Å². The summed E-state index contributed by atoms with van der Waals surface area (Å²) in [6.07, 6.45) is -5.92. The molecule has 19 heteroatoms. The van der Waals surface area contributed by atoms with Crippen molar-refractivity contribution in [1.29, 1.82) is 0 Å². The molecule has 0 bridgehead atoms. The zero-order valence-electron chi connectivity index (χ0n) is 27.2. The number of aryl methyl sites for hydroxylation is 1. The molecule has 0 saturated carbocycles. The minimum atomic E-state index is -5.39. The molecule has 0 N–H and O–H groups in total. The van der Waals surface area contributed by atoms with E-state index in [0.717, 1.165) is 31.9 Å². The average molecular weight is 744 g/mol. The summed E-state index contributed by atoms with van der Waals surface area (Å²) in [6, 6.07) is 0.133. The van der Waals surface area contributed by atoms with Gasteiger partial charge in [-0.3, -0.25) is 28.2 Å². The summed E-state index contributed by atoms with van der Waals surface area (Å²) in [5.41, 5.74) is -4.98. The van der Waals surface area contributed by atoms with Crippen molar-refractivity contribution in [3.05, 3.63) is 71.3 Å². The summed E-state index contributed by atoms with van der Waals surface area (Å²) < 4.78 is 84.2. The Morgan fingerprint density at radius 1 is 1.02 bits per heavy atom. The first-order valence-corrected chi connectivity index (χ1v) is 16.7. The molecule has 3 aromatic heterocycles. The summed E-state index contributed by atoms with van der Waals surface area (Å²) in [5.74, 6) is -5.53. The molecule has 268 valence electrons. The van der Waals surface area contributed by atoms with Gasteiger partial charge in [0.25, 0.3) is 11.5 Å². The van der Waals surface area contributed by atoms with Crippen molar-refractivity contribution in [3.63, 3.8) is 0 Å². The Bertz CT molecular complexity index is 2210. The molecule has 1 atom stereocenters. The molecule has 0 radical (unpaired) electrons. The number of hydrogen-bond donors (Lipinski definition) is 0. The number of hydrogen-bond acceptors (Lipinski definition) is 9. The van der Waals surface area contributed by atoms with E-state index in [1.165, 1.54) is 28.9 Å². The van der Waals surface area contributed by atoms with Crippen LogP contribution in [0.3, 0.4) is 0 Å². The fourth-order valence-corrected chi connectivity index (χ4v) is 7.34. The third-order valence-electron chi connectivity index (χ3n) is 7.74. The molecule has 50 heavy (non-hydrogen) atoms. The van der Waals surface area contributed by atoms with Gasteiger partial charge in [0.15, 0.2) is 11.5 Å². The van der Waals surface area contributed by atoms with Crippen LogP contribution in [-0.2, 0) is 52.5 Å². The Labute approximate surface area is 287 Å². The number of thiazole rings is 1. The molecule has 0 spiro atoms. The Kier molecular flexibility index (Phi) is 9.95. The first-order valence-electron chi connectivity index (χ1n) is 14.9. The highest BCUT2D eigenvalue weighted by molar-refractivity contribution is 7.17. The van der Waals surface area contributed by atoms with Gasteiger partial charge in [-0.2, -0.15) is 18.2 Å². The number of nitrogens with zero attached hydrogens (tertiary/aromatic N) is 5. The molecule has 4 heterocycles. The van der Waals surface area contributed by atoms with E-state index >= 15 is 4.39 Å². The van der Waals surface area contributed by atoms with Crippen LogP contribution in [0.4, 0.5) is 26.7 Å². The Balaban J connectivity index is 1.53. The largest absolute Gasteiger partial charge is 0.444 e. The fraction of sp³-hybridized carbons (Fsp3) is 0.419. The van der Waals surface area contributed by atoms with Crippen LogP contribution in [-0.4, -0.2) is 54.8 Å². The molecule has 4 aromatic rings. The van der Waals surface area contributed by atoms with E-state index < -0.39 is 83.0 Å². The summed E-state index contributed by atoms with van der Waals surface area (Å²) in [5, 5.41) is 2.79. The van der Waals surface area contributed by atoms with Crippen LogP contribution in [0.15, 0.2) is 37.5 Å². The number of alkyl halides is 3. The molecule has 5 rings (SSSR count). The fourth-order valence-electron chi connectivity index (χ4n) is 5.41. The molecule has 0 unspecified atom stereocenters. The summed E-state index contributed by atoms with van der Waals surface area (Å²) in [6.45, 7) is 4.35. The number of carbonyl (C=O) groups excluding carboxylic acids is 3. The number of amides is 2. The topological polar surface area (TPSA) is 134 Å². The van der Waals surface area contributed by atoms with Crippen molar-refractivity contribution in [3.8, 4) is 11.3 Å². The first kappa shape index (κ1) is 36.6. The lowest BCUT2D eigenvalue weighted by molar-refractivity contribution is -0.152. The molecular weight excluding hydrogens is 713 g/mol. The molecule has 1 aliphatic heterocycles. The quantitative estimate of drug-likeness (QED) is 0.207. The molecule has 1 aliphatic rings. The Morgan fingerprint density at radius 2 is 1.72 bits per heavy atom. The third-order valence-corrected chi connectivity index (χ3v) is 9.71. The smallest absolute Gasteiger partial charge is 0.422 e. The van der Waals surface area contributed by atoms with Crippen molar-refractivity contribution in [2.45, 2.75) is 64.6 Å². The highest BCUT2D eigenvalue weighted by atomic mass is 32.1. The lowest BCUT2D eigenvalue weighted by atomic mass is 10.1. The number of likely N-dealkylation sites (tertiary alicyclic amines) is 1. The predicted molar refractivity (Wildman–Crippen MR) is 171 cm³/mol. The van der Waals surface area contributed by atoms with Crippen molar-refractivity contribution in [1.82, 2.24) is 18.6 Å². The lowest BCUT2D eigenvalue weighted by Crippen LogP contribution is -2.44. The normalized spacial score (nSPS) is 15.6. The van der Waals surface area contributed by atoms with Crippen LogP contribution < -0.4 is 16.1 Å². The number of fused-ring (bicyclic) bond motifs is 1. The molecule has 1 fully saturated rings. The molecule has 1 saturated heterocycles. The maximum atomic E-state index is 15.3. The number of benzene rings is 1. The Hall–Kier alpha value is -4.65. The highest BCUT2D eigenvalue weighted by Crippen LogP contribution is 2.37. The van der Waals surface area contributed by atoms with E-state index in [1.807, 2.05) is 0 Å². The van der Waals surface area contributed by atoms with Gasteiger partial charge in [0.05, 0.1) is 17.5 Å². The zero-order valence-corrected chi connectivity index (χ0v) is 28.9. The van der Waals surface area contributed by atoms with E-state index in [9.17, 15) is 41.5 Å². The molecule has 12 nitrogen and oxygen atoms in total. The van der Waals surface area contributed by atoms with Gasteiger partial charge >= 0.3 is 23.9 Å². The number of rotatable bonds is 6. The SMILES string of the molecule is Cn1c(=O)c2c(CC(=O)N=c3scc(-c4ccc(F)c(C(F)(F)F)c4F)n3COC(=O)[C@@H]3CCCN3C(=O)OC(C)(C)C)csc2n(C)c1=O. The second kappa shape index (κ2) is 13.6. The minimum Gasteiger partial charge on any atom is -0.444 e. The van der Waals surface area contributed by atoms with E-state index in [0.29, 0.717) is 28.7 Å². The third kappa shape index (κ3) is 7.14. The maximum Gasteiger partial charge on any atom is 0.422 e. The van der Waals surface area contributed by atoms with Gasteiger partial charge in [-0.15, -0.1) is 22.7 Å². The number of halogens is 5. The number of aromatic nitrogens is 3. The number of thiophene rings is 1. The number of esters is 1. The van der Waals surface area contributed by atoms with Crippen molar-refractivity contribution >= 4 is 50.9 Å². The predicted octanol–water partition coefficient (Wildman–Crippen LogP) is 4.70. The van der Waals surface area contributed by atoms with Gasteiger partial charge in [0.1, 0.15) is 33.7 Å². The van der Waals surface area contributed by atoms with Gasteiger partial charge in [-0.25, -0.2) is 23.2 Å². The van der Waals surface area contributed by atoms with E-state index in [4.69, 9.17) is 9.47 Å². The minimum absolute atomic E-state index is 0.121.